The van der Waals surface area contributed by atoms with Crippen molar-refractivity contribution in [3.8, 4) is 0 Å². The summed E-state index contributed by atoms with van der Waals surface area (Å²) in [4.78, 5) is 4.37. The molecule has 0 saturated heterocycles. The average molecular weight is 202 g/mol. The van der Waals surface area contributed by atoms with Crippen molar-refractivity contribution in [2.24, 2.45) is 12.5 Å². The highest BCUT2D eigenvalue weighted by Crippen LogP contribution is 2.22. The Morgan fingerprint density at radius 3 is 2.67 bits per heavy atom. The largest absolute Gasteiger partial charge is 0.334 e. The van der Waals surface area contributed by atoms with Crippen molar-refractivity contribution in [1.82, 2.24) is 9.55 Å². The fourth-order valence-corrected chi connectivity index (χ4v) is 1.90. The van der Waals surface area contributed by atoms with Crippen LogP contribution in [0.3, 0.4) is 0 Å². The van der Waals surface area contributed by atoms with Crippen molar-refractivity contribution in [2.45, 2.75) is 27.2 Å². The van der Waals surface area contributed by atoms with Gasteiger partial charge in [0.05, 0.1) is 17.4 Å². The normalized spacial score (nSPS) is 12.3. The van der Waals surface area contributed by atoms with E-state index in [1.807, 2.05) is 13.4 Å². The molecular formula is C13H18N2. The van der Waals surface area contributed by atoms with Crippen molar-refractivity contribution in [2.75, 3.05) is 0 Å². The molecule has 1 aromatic carbocycles. The second-order valence-corrected chi connectivity index (χ2v) is 5.42. The molecule has 2 rings (SSSR count). The third kappa shape index (κ3) is 2.20. The van der Waals surface area contributed by atoms with Gasteiger partial charge in [0.25, 0.3) is 0 Å². The van der Waals surface area contributed by atoms with Gasteiger partial charge < -0.3 is 4.57 Å². The first-order valence-electron chi connectivity index (χ1n) is 5.36. The quantitative estimate of drug-likeness (QED) is 0.694. The Morgan fingerprint density at radius 1 is 1.27 bits per heavy atom. The lowest BCUT2D eigenvalue weighted by Gasteiger charge is -2.17. The Hall–Kier alpha value is -1.31. The molecule has 0 bridgehead atoms. The Labute approximate surface area is 90.9 Å². The minimum atomic E-state index is 0.336. The zero-order chi connectivity index (χ0) is 11.1. The third-order valence-corrected chi connectivity index (χ3v) is 2.52. The standard InChI is InChI=1S/C13H18N2/c1-13(2,3)8-10-5-6-12-11(7-10)14-9-15(12)4/h5-7,9H,8H2,1-4H3. The van der Waals surface area contributed by atoms with Gasteiger partial charge in [-0.2, -0.15) is 0 Å². The molecular weight excluding hydrogens is 184 g/mol. The molecule has 80 valence electrons. The van der Waals surface area contributed by atoms with Gasteiger partial charge in [-0.25, -0.2) is 4.98 Å². The van der Waals surface area contributed by atoms with Crippen LogP contribution in [0.5, 0.6) is 0 Å². The monoisotopic (exact) mass is 202 g/mol. The number of hydrogen-bond acceptors (Lipinski definition) is 1. The van der Waals surface area contributed by atoms with Crippen LogP contribution in [-0.2, 0) is 13.5 Å². The predicted octanol–water partition coefficient (Wildman–Crippen LogP) is 3.16. The van der Waals surface area contributed by atoms with Crippen LogP contribution < -0.4 is 0 Å². The van der Waals surface area contributed by atoms with E-state index in [9.17, 15) is 0 Å². The maximum absolute atomic E-state index is 4.37. The van der Waals surface area contributed by atoms with E-state index in [4.69, 9.17) is 0 Å². The van der Waals surface area contributed by atoms with Crippen LogP contribution in [0.15, 0.2) is 24.5 Å². The van der Waals surface area contributed by atoms with Crippen molar-refractivity contribution < 1.29 is 0 Å². The van der Waals surface area contributed by atoms with Crippen LogP contribution in [0, 0.1) is 5.41 Å². The Kier molecular flexibility index (Phi) is 2.29. The van der Waals surface area contributed by atoms with Crippen LogP contribution in [0.1, 0.15) is 26.3 Å². The highest BCUT2D eigenvalue weighted by Gasteiger charge is 2.11. The van der Waals surface area contributed by atoms with Crippen LogP contribution >= 0.6 is 0 Å². The molecule has 0 N–H and O–H groups in total. The number of benzene rings is 1. The van der Waals surface area contributed by atoms with Gasteiger partial charge in [0.1, 0.15) is 0 Å². The van der Waals surface area contributed by atoms with Crippen LogP contribution in [0.2, 0.25) is 0 Å². The van der Waals surface area contributed by atoms with Crippen molar-refractivity contribution >= 4 is 11.0 Å². The molecule has 2 nitrogen and oxygen atoms in total. The fourth-order valence-electron chi connectivity index (χ4n) is 1.90. The summed E-state index contributed by atoms with van der Waals surface area (Å²) in [5.74, 6) is 0. The number of aryl methyl sites for hydroxylation is 1. The number of aromatic nitrogens is 2. The van der Waals surface area contributed by atoms with Gasteiger partial charge >= 0.3 is 0 Å². The van der Waals surface area contributed by atoms with Crippen molar-refractivity contribution in [3.05, 3.63) is 30.1 Å². The molecule has 1 aromatic heterocycles. The summed E-state index contributed by atoms with van der Waals surface area (Å²) in [6.07, 6.45) is 2.96. The van der Waals surface area contributed by atoms with E-state index >= 15 is 0 Å². The van der Waals surface area contributed by atoms with E-state index < -0.39 is 0 Å². The first-order valence-corrected chi connectivity index (χ1v) is 5.36. The summed E-state index contributed by atoms with van der Waals surface area (Å²) in [5, 5.41) is 0. The Morgan fingerprint density at radius 2 is 2.00 bits per heavy atom. The number of fused-ring (bicyclic) bond motifs is 1. The lowest BCUT2D eigenvalue weighted by molar-refractivity contribution is 0.411. The second-order valence-electron chi connectivity index (χ2n) is 5.42. The van der Waals surface area contributed by atoms with Crippen LogP contribution in [0.4, 0.5) is 0 Å². The molecule has 2 heteroatoms. The fraction of sp³-hybridized carbons (Fsp3) is 0.462. The average Bonchev–Trinajstić information content (AvgIpc) is 2.45. The highest BCUT2D eigenvalue weighted by molar-refractivity contribution is 5.75. The van der Waals surface area contributed by atoms with Crippen LogP contribution in [-0.4, -0.2) is 9.55 Å². The maximum atomic E-state index is 4.37. The lowest BCUT2D eigenvalue weighted by Crippen LogP contribution is -2.08. The molecule has 0 aliphatic rings. The van der Waals surface area contributed by atoms with Gasteiger partial charge in [-0.3, -0.25) is 0 Å². The molecule has 0 aliphatic heterocycles. The molecule has 0 unspecified atom stereocenters. The maximum Gasteiger partial charge on any atom is 0.0955 e. The molecule has 0 fully saturated rings. The summed E-state index contributed by atoms with van der Waals surface area (Å²) in [7, 11) is 2.03. The van der Waals surface area contributed by atoms with Gasteiger partial charge in [0.2, 0.25) is 0 Å². The minimum Gasteiger partial charge on any atom is -0.334 e. The predicted molar refractivity (Wildman–Crippen MR) is 63.9 cm³/mol. The van der Waals surface area contributed by atoms with Crippen molar-refractivity contribution in [1.29, 1.82) is 0 Å². The SMILES string of the molecule is Cn1cnc2cc(CC(C)(C)C)ccc21. The molecule has 1 heterocycles. The molecule has 0 spiro atoms. The second kappa shape index (κ2) is 3.37. The summed E-state index contributed by atoms with van der Waals surface area (Å²) in [6, 6.07) is 6.55. The van der Waals surface area contributed by atoms with E-state index in [1.54, 1.807) is 0 Å². The number of imidazole rings is 1. The smallest absolute Gasteiger partial charge is 0.0955 e. The molecule has 0 radical (unpaired) electrons. The minimum absolute atomic E-state index is 0.336. The van der Waals surface area contributed by atoms with Gasteiger partial charge in [-0.05, 0) is 29.5 Å². The van der Waals surface area contributed by atoms with Gasteiger partial charge in [0, 0.05) is 7.05 Å². The molecule has 0 amide bonds. The van der Waals surface area contributed by atoms with Gasteiger partial charge in [0.15, 0.2) is 0 Å². The van der Waals surface area contributed by atoms with E-state index in [1.165, 1.54) is 11.1 Å². The van der Waals surface area contributed by atoms with Crippen molar-refractivity contribution in [3.63, 3.8) is 0 Å². The topological polar surface area (TPSA) is 17.8 Å². The zero-order valence-electron chi connectivity index (χ0n) is 9.91. The van der Waals surface area contributed by atoms with E-state index in [0.717, 1.165) is 11.9 Å². The number of hydrogen-bond donors (Lipinski definition) is 0. The summed E-state index contributed by atoms with van der Waals surface area (Å²) < 4.78 is 2.05. The van der Waals surface area contributed by atoms with E-state index in [-0.39, 0.29) is 0 Å². The third-order valence-electron chi connectivity index (χ3n) is 2.52. The molecule has 0 aliphatic carbocycles. The number of rotatable bonds is 1. The highest BCUT2D eigenvalue weighted by atomic mass is 15.0. The molecule has 15 heavy (non-hydrogen) atoms. The summed E-state index contributed by atoms with van der Waals surface area (Å²) in [5.41, 5.74) is 4.00. The lowest BCUT2D eigenvalue weighted by atomic mass is 9.88. The molecule has 0 atom stereocenters. The van der Waals surface area contributed by atoms with Gasteiger partial charge in [-0.15, -0.1) is 0 Å². The first kappa shape index (κ1) is 10.2. The van der Waals surface area contributed by atoms with Crippen LogP contribution in [0.25, 0.3) is 11.0 Å². The molecule has 2 aromatic rings. The Bertz CT molecular complexity index is 475. The van der Waals surface area contributed by atoms with Gasteiger partial charge in [-0.1, -0.05) is 26.8 Å². The Balaban J connectivity index is 2.39. The van der Waals surface area contributed by atoms with E-state index in [2.05, 4.69) is 48.5 Å². The summed E-state index contributed by atoms with van der Waals surface area (Å²) >= 11 is 0. The summed E-state index contributed by atoms with van der Waals surface area (Å²) in [6.45, 7) is 6.78. The number of nitrogens with zero attached hydrogens (tertiary/aromatic N) is 2. The zero-order valence-corrected chi connectivity index (χ0v) is 9.91. The van der Waals surface area contributed by atoms with E-state index in [0.29, 0.717) is 5.41 Å². The molecule has 0 saturated carbocycles. The first-order chi connectivity index (χ1) is 6.96.